The van der Waals surface area contributed by atoms with Crippen LogP contribution in [0.5, 0.6) is 0 Å². The number of pyridine rings is 1. The first kappa shape index (κ1) is 16.0. The molecule has 1 heterocycles. The minimum atomic E-state index is -4.33. The third kappa shape index (κ3) is 4.49. The predicted octanol–water partition coefficient (Wildman–Crippen LogP) is 4.19. The highest BCUT2D eigenvalue weighted by molar-refractivity contribution is 5.29. The molecule has 2 nitrogen and oxygen atoms in total. The van der Waals surface area contributed by atoms with Crippen LogP contribution in [0.1, 0.15) is 50.8 Å². The Hall–Kier alpha value is -1.10. The Balaban J connectivity index is 3.08. The lowest BCUT2D eigenvalue weighted by Gasteiger charge is -2.24. The molecule has 0 bridgehead atoms. The van der Waals surface area contributed by atoms with Crippen LogP contribution in [0.25, 0.3) is 0 Å². The van der Waals surface area contributed by atoms with Gasteiger partial charge in [-0.25, -0.2) is 0 Å². The molecule has 0 aromatic carbocycles. The number of aromatic nitrogens is 1. The number of hydrogen-bond acceptors (Lipinski definition) is 2. The van der Waals surface area contributed by atoms with Crippen molar-refractivity contribution in [3.8, 4) is 0 Å². The monoisotopic (exact) mass is 274 g/mol. The van der Waals surface area contributed by atoms with Crippen LogP contribution in [0, 0.1) is 5.92 Å². The van der Waals surface area contributed by atoms with Crippen molar-refractivity contribution >= 4 is 0 Å². The van der Waals surface area contributed by atoms with Gasteiger partial charge in [-0.15, -0.1) is 0 Å². The van der Waals surface area contributed by atoms with Gasteiger partial charge in [0.25, 0.3) is 0 Å². The molecular formula is C14H21F3N2. The van der Waals surface area contributed by atoms with Crippen LogP contribution in [0.4, 0.5) is 13.2 Å². The van der Waals surface area contributed by atoms with Gasteiger partial charge in [0.1, 0.15) is 0 Å². The molecule has 2 unspecified atom stereocenters. The maximum atomic E-state index is 13.0. The summed E-state index contributed by atoms with van der Waals surface area (Å²) < 4.78 is 39.0. The van der Waals surface area contributed by atoms with Crippen molar-refractivity contribution in [1.29, 1.82) is 0 Å². The molecule has 108 valence electrons. The maximum absolute atomic E-state index is 13.0. The molecule has 1 rings (SSSR count). The Morgan fingerprint density at radius 2 is 2.00 bits per heavy atom. The van der Waals surface area contributed by atoms with Gasteiger partial charge in [0.2, 0.25) is 0 Å². The van der Waals surface area contributed by atoms with Crippen molar-refractivity contribution in [3.05, 3.63) is 29.6 Å². The molecule has 0 aliphatic heterocycles. The second-order valence-corrected chi connectivity index (χ2v) is 4.82. The summed E-state index contributed by atoms with van der Waals surface area (Å²) in [5, 5.41) is 3.14. The van der Waals surface area contributed by atoms with Gasteiger partial charge < -0.3 is 5.32 Å². The van der Waals surface area contributed by atoms with Crippen molar-refractivity contribution in [2.45, 2.75) is 45.8 Å². The van der Waals surface area contributed by atoms with Crippen molar-refractivity contribution < 1.29 is 13.2 Å². The molecule has 0 fully saturated rings. The molecule has 0 saturated carbocycles. The summed E-state index contributed by atoms with van der Waals surface area (Å²) in [6, 6.07) is 0.751. The quantitative estimate of drug-likeness (QED) is 0.841. The van der Waals surface area contributed by atoms with Crippen molar-refractivity contribution in [1.82, 2.24) is 10.3 Å². The van der Waals surface area contributed by atoms with Gasteiger partial charge in [-0.3, -0.25) is 4.98 Å². The summed E-state index contributed by atoms with van der Waals surface area (Å²) >= 11 is 0. The van der Waals surface area contributed by atoms with Gasteiger partial charge in [-0.2, -0.15) is 13.2 Å². The number of rotatable bonds is 6. The second-order valence-electron chi connectivity index (χ2n) is 4.82. The summed E-state index contributed by atoms with van der Waals surface area (Å²) in [4.78, 5) is 3.86. The molecule has 0 radical (unpaired) electrons. The number of halogens is 3. The SMILES string of the molecule is CCNC(CC(C)CC)c1cnccc1C(F)(F)F. The van der Waals surface area contributed by atoms with Crippen LogP contribution in [0.3, 0.4) is 0 Å². The van der Waals surface area contributed by atoms with Gasteiger partial charge in [-0.05, 0) is 30.5 Å². The Morgan fingerprint density at radius 3 is 2.53 bits per heavy atom. The first-order chi connectivity index (χ1) is 8.90. The number of alkyl halides is 3. The van der Waals surface area contributed by atoms with Crippen LogP contribution < -0.4 is 5.32 Å². The van der Waals surface area contributed by atoms with E-state index in [2.05, 4.69) is 10.3 Å². The molecule has 0 aliphatic carbocycles. The molecule has 0 amide bonds. The average molecular weight is 274 g/mol. The van der Waals surface area contributed by atoms with Gasteiger partial charge in [0.05, 0.1) is 5.56 Å². The van der Waals surface area contributed by atoms with Crippen molar-refractivity contribution in [3.63, 3.8) is 0 Å². The Kier molecular flexibility index (Phi) is 5.79. The largest absolute Gasteiger partial charge is 0.416 e. The lowest BCUT2D eigenvalue weighted by molar-refractivity contribution is -0.138. The summed E-state index contributed by atoms with van der Waals surface area (Å²) in [6.45, 7) is 6.62. The van der Waals surface area contributed by atoms with Gasteiger partial charge in [0, 0.05) is 18.4 Å². The highest BCUT2D eigenvalue weighted by Crippen LogP contribution is 2.35. The van der Waals surface area contributed by atoms with E-state index in [4.69, 9.17) is 0 Å². The third-order valence-electron chi connectivity index (χ3n) is 3.32. The van der Waals surface area contributed by atoms with Crippen molar-refractivity contribution in [2.75, 3.05) is 6.54 Å². The van der Waals surface area contributed by atoms with Crippen LogP contribution in [-0.2, 0) is 6.18 Å². The molecular weight excluding hydrogens is 253 g/mol. The zero-order valence-electron chi connectivity index (χ0n) is 11.6. The Labute approximate surface area is 112 Å². The molecule has 2 atom stereocenters. The lowest BCUT2D eigenvalue weighted by atomic mass is 9.92. The summed E-state index contributed by atoms with van der Waals surface area (Å²) in [7, 11) is 0. The van der Waals surface area contributed by atoms with E-state index in [0.717, 1.165) is 12.5 Å². The predicted molar refractivity (Wildman–Crippen MR) is 69.7 cm³/mol. The summed E-state index contributed by atoms with van der Waals surface area (Å²) in [5.41, 5.74) is -0.339. The highest BCUT2D eigenvalue weighted by Gasteiger charge is 2.35. The van der Waals surface area contributed by atoms with Crippen LogP contribution in [0.2, 0.25) is 0 Å². The first-order valence-corrected chi connectivity index (χ1v) is 6.64. The Morgan fingerprint density at radius 1 is 1.32 bits per heavy atom. The molecule has 0 spiro atoms. The number of nitrogens with one attached hydrogen (secondary N) is 1. The van der Waals surface area contributed by atoms with Gasteiger partial charge >= 0.3 is 6.18 Å². The van der Waals surface area contributed by atoms with E-state index < -0.39 is 11.7 Å². The average Bonchev–Trinajstić information content (AvgIpc) is 2.37. The third-order valence-corrected chi connectivity index (χ3v) is 3.32. The highest BCUT2D eigenvalue weighted by atomic mass is 19.4. The fraction of sp³-hybridized carbons (Fsp3) is 0.643. The summed E-state index contributed by atoms with van der Waals surface area (Å²) in [6.07, 6.45) is -0.179. The van der Waals surface area contributed by atoms with Crippen molar-refractivity contribution in [2.24, 2.45) is 5.92 Å². The second kappa shape index (κ2) is 6.89. The molecule has 0 aliphatic rings. The first-order valence-electron chi connectivity index (χ1n) is 6.64. The standard InChI is InChI=1S/C14H21F3N2/c1-4-10(3)8-13(19-5-2)11-9-18-7-6-12(11)14(15,16)17/h6-7,9-10,13,19H,4-5,8H2,1-3H3. The Bertz CT molecular complexity index is 391. The molecule has 5 heteroatoms. The van der Waals surface area contributed by atoms with E-state index >= 15 is 0 Å². The fourth-order valence-electron chi connectivity index (χ4n) is 2.08. The van der Waals surface area contributed by atoms with Crippen LogP contribution in [-0.4, -0.2) is 11.5 Å². The van der Waals surface area contributed by atoms with Gasteiger partial charge in [-0.1, -0.05) is 27.2 Å². The molecule has 19 heavy (non-hydrogen) atoms. The van der Waals surface area contributed by atoms with E-state index in [1.807, 2.05) is 20.8 Å². The van der Waals surface area contributed by atoms with Crippen LogP contribution in [0.15, 0.2) is 18.5 Å². The lowest BCUT2D eigenvalue weighted by Crippen LogP contribution is -2.26. The minimum absolute atomic E-state index is 0.247. The minimum Gasteiger partial charge on any atom is -0.310 e. The molecule has 1 N–H and O–H groups in total. The van der Waals surface area contributed by atoms with Crippen LogP contribution >= 0.6 is 0 Å². The smallest absolute Gasteiger partial charge is 0.310 e. The zero-order valence-corrected chi connectivity index (χ0v) is 11.6. The van der Waals surface area contributed by atoms with E-state index in [1.165, 1.54) is 12.4 Å². The van der Waals surface area contributed by atoms with E-state index in [-0.39, 0.29) is 11.6 Å². The number of hydrogen-bond donors (Lipinski definition) is 1. The molecule has 0 saturated heterocycles. The van der Waals surface area contributed by atoms with E-state index in [9.17, 15) is 13.2 Å². The maximum Gasteiger partial charge on any atom is 0.416 e. The van der Waals surface area contributed by atoms with Gasteiger partial charge in [0.15, 0.2) is 0 Å². The molecule has 1 aromatic rings. The van der Waals surface area contributed by atoms with E-state index in [1.54, 1.807) is 0 Å². The topological polar surface area (TPSA) is 24.9 Å². The zero-order chi connectivity index (χ0) is 14.5. The molecule has 1 aromatic heterocycles. The summed E-state index contributed by atoms with van der Waals surface area (Å²) in [5.74, 6) is 0.366. The fourth-order valence-corrected chi connectivity index (χ4v) is 2.08. The number of nitrogens with zero attached hydrogens (tertiary/aromatic N) is 1. The van der Waals surface area contributed by atoms with E-state index in [0.29, 0.717) is 18.9 Å². The normalized spacial score (nSPS) is 15.3.